The Balaban J connectivity index is 1.27. The van der Waals surface area contributed by atoms with E-state index in [1.54, 1.807) is 13.8 Å². The summed E-state index contributed by atoms with van der Waals surface area (Å²) in [7, 11) is 0. The van der Waals surface area contributed by atoms with Crippen LogP contribution in [-0.4, -0.2) is 56.8 Å². The van der Waals surface area contributed by atoms with Crippen LogP contribution in [0, 0.1) is 6.92 Å². The maximum atomic E-state index is 12.8. The molecule has 4 aromatic rings. The van der Waals surface area contributed by atoms with Crippen molar-refractivity contribution >= 4 is 28.7 Å². The molecule has 0 bridgehead atoms. The molecule has 0 spiro atoms. The van der Waals surface area contributed by atoms with Crippen LogP contribution in [0.1, 0.15) is 35.3 Å². The number of aromatic nitrogens is 3. The summed E-state index contributed by atoms with van der Waals surface area (Å²) < 4.78 is 7.80. The third-order valence-electron chi connectivity index (χ3n) is 7.14. The van der Waals surface area contributed by atoms with Gasteiger partial charge in [-0.2, -0.15) is 0 Å². The zero-order chi connectivity index (χ0) is 25.7. The molecule has 190 valence electrons. The smallest absolute Gasteiger partial charge is 0.254 e. The van der Waals surface area contributed by atoms with Crippen molar-refractivity contribution in [3.05, 3.63) is 71.7 Å². The number of nitrogens with one attached hydrogen (secondary N) is 2. The fraction of sp³-hybridized carbons (Fsp3) is 0.321. The lowest BCUT2D eigenvalue weighted by molar-refractivity contribution is -0.0928. The second-order valence-electron chi connectivity index (χ2n) is 10.3. The fourth-order valence-electron chi connectivity index (χ4n) is 5.07. The van der Waals surface area contributed by atoms with E-state index in [2.05, 4.69) is 31.6 Å². The number of hydrogen-bond acceptors (Lipinski definition) is 7. The highest BCUT2D eigenvalue weighted by molar-refractivity contribution is 6.06. The van der Waals surface area contributed by atoms with Crippen molar-refractivity contribution in [3.63, 3.8) is 0 Å². The molecular formula is C28H30N6O3. The van der Waals surface area contributed by atoms with Crippen molar-refractivity contribution in [1.29, 1.82) is 0 Å². The first-order valence-corrected chi connectivity index (χ1v) is 12.5. The molecule has 1 aromatic carbocycles. The number of ether oxygens (including phenoxy) is 1. The van der Waals surface area contributed by atoms with Gasteiger partial charge in [0.2, 0.25) is 0 Å². The van der Waals surface area contributed by atoms with E-state index in [0.29, 0.717) is 36.8 Å². The topological polar surface area (TPSA) is 104 Å². The Morgan fingerprint density at radius 3 is 2.81 bits per heavy atom. The number of fused-ring (bicyclic) bond motifs is 2. The maximum absolute atomic E-state index is 12.8. The molecule has 6 rings (SSSR count). The number of aryl methyl sites for hydroxylation is 1. The van der Waals surface area contributed by atoms with Crippen molar-refractivity contribution < 1.29 is 14.6 Å². The van der Waals surface area contributed by atoms with Crippen molar-refractivity contribution in [2.75, 3.05) is 29.9 Å². The largest absolute Gasteiger partial charge is 0.388 e. The molecule has 9 heteroatoms. The molecule has 1 saturated heterocycles. The third kappa shape index (κ3) is 4.30. The van der Waals surface area contributed by atoms with Gasteiger partial charge in [-0.25, -0.2) is 9.97 Å². The van der Waals surface area contributed by atoms with Crippen LogP contribution in [0.25, 0.3) is 16.9 Å². The van der Waals surface area contributed by atoms with Gasteiger partial charge in [0, 0.05) is 31.4 Å². The lowest BCUT2D eigenvalue weighted by Gasteiger charge is -2.39. The number of carbonyl (C=O) groups is 1. The van der Waals surface area contributed by atoms with Crippen LogP contribution < -0.4 is 15.5 Å². The van der Waals surface area contributed by atoms with E-state index < -0.39 is 5.60 Å². The molecule has 3 aromatic heterocycles. The van der Waals surface area contributed by atoms with E-state index in [1.807, 2.05) is 60.2 Å². The number of benzene rings is 1. The van der Waals surface area contributed by atoms with Crippen molar-refractivity contribution in [2.24, 2.45) is 0 Å². The van der Waals surface area contributed by atoms with Gasteiger partial charge < -0.3 is 25.4 Å². The van der Waals surface area contributed by atoms with Crippen LogP contribution in [0.4, 0.5) is 17.2 Å². The van der Waals surface area contributed by atoms with E-state index in [4.69, 9.17) is 4.74 Å². The van der Waals surface area contributed by atoms with E-state index in [1.165, 1.54) is 0 Å². The summed E-state index contributed by atoms with van der Waals surface area (Å²) in [6.45, 7) is 7.92. The minimum absolute atomic E-state index is 0.105. The Morgan fingerprint density at radius 1 is 1.16 bits per heavy atom. The number of hydrogen-bond donors (Lipinski definition) is 3. The molecule has 37 heavy (non-hydrogen) atoms. The van der Waals surface area contributed by atoms with Gasteiger partial charge >= 0.3 is 0 Å². The average Bonchev–Trinajstić information content (AvgIpc) is 3.48. The zero-order valence-electron chi connectivity index (χ0n) is 21.2. The number of carbonyl (C=O) groups excluding carboxylic acids is 1. The van der Waals surface area contributed by atoms with Gasteiger partial charge in [0.05, 0.1) is 47.2 Å². The Kier molecular flexibility index (Phi) is 5.62. The minimum atomic E-state index is -0.914. The van der Waals surface area contributed by atoms with Gasteiger partial charge in [-0.3, -0.25) is 9.20 Å². The van der Waals surface area contributed by atoms with Gasteiger partial charge in [-0.15, -0.1) is 0 Å². The summed E-state index contributed by atoms with van der Waals surface area (Å²) in [5, 5.41) is 16.7. The SMILES string of the molecule is Cc1ccn2c(-c3ccc(Nc4ccc(N5CCOC(C(C)(C)O)C5)cn4)c4c3CNC4=O)cnc2c1. The van der Waals surface area contributed by atoms with Crippen molar-refractivity contribution in [1.82, 2.24) is 19.7 Å². The molecule has 1 unspecified atom stereocenters. The number of amides is 1. The Morgan fingerprint density at radius 2 is 2.03 bits per heavy atom. The predicted octanol–water partition coefficient (Wildman–Crippen LogP) is 3.67. The molecule has 5 heterocycles. The summed E-state index contributed by atoms with van der Waals surface area (Å²) in [6, 6.07) is 12.0. The standard InChI is InChI=1S/C28H30N6O3/c1-17-8-9-34-22(15-30-25(34)12-17)19-5-6-21(26-20(19)14-31-27(26)35)32-24-7-4-18(13-29-24)33-10-11-37-23(16-33)28(2,3)36/h4-9,12-13,15,23,36H,10-11,14,16H2,1-3H3,(H,29,32)(H,31,35). The van der Waals surface area contributed by atoms with Crippen molar-refractivity contribution in [3.8, 4) is 11.3 Å². The molecule has 9 nitrogen and oxygen atoms in total. The third-order valence-corrected chi connectivity index (χ3v) is 7.14. The first-order chi connectivity index (χ1) is 17.8. The Bertz CT molecular complexity index is 1490. The molecule has 0 aliphatic carbocycles. The summed E-state index contributed by atoms with van der Waals surface area (Å²) in [4.78, 5) is 24.2. The average molecular weight is 499 g/mol. The van der Waals surface area contributed by atoms with E-state index in [9.17, 15) is 9.90 Å². The molecular weight excluding hydrogens is 468 g/mol. The lowest BCUT2D eigenvalue weighted by atomic mass is 9.99. The summed E-state index contributed by atoms with van der Waals surface area (Å²) in [5.74, 6) is 0.544. The maximum Gasteiger partial charge on any atom is 0.254 e. The molecule has 0 saturated carbocycles. The molecule has 3 N–H and O–H groups in total. The number of pyridine rings is 2. The molecule has 1 atom stereocenters. The van der Waals surface area contributed by atoms with Crippen LogP contribution in [0.15, 0.2) is 55.0 Å². The predicted molar refractivity (Wildman–Crippen MR) is 142 cm³/mol. The first kappa shape index (κ1) is 23.4. The van der Waals surface area contributed by atoms with Crippen molar-refractivity contribution in [2.45, 2.75) is 39.0 Å². The van der Waals surface area contributed by atoms with Gasteiger partial charge in [-0.05, 0) is 62.2 Å². The summed E-state index contributed by atoms with van der Waals surface area (Å²) >= 11 is 0. The number of imidazole rings is 1. The van der Waals surface area contributed by atoms with Crippen LogP contribution in [-0.2, 0) is 11.3 Å². The Labute approximate surface area is 215 Å². The highest BCUT2D eigenvalue weighted by Gasteiger charge is 2.33. The molecule has 0 radical (unpaired) electrons. The fourth-order valence-corrected chi connectivity index (χ4v) is 5.07. The second kappa shape index (κ2) is 8.86. The highest BCUT2D eigenvalue weighted by Crippen LogP contribution is 2.35. The van der Waals surface area contributed by atoms with Crippen LogP contribution >= 0.6 is 0 Å². The molecule has 1 fully saturated rings. The molecule has 2 aliphatic heterocycles. The van der Waals surface area contributed by atoms with E-state index >= 15 is 0 Å². The number of rotatable bonds is 5. The van der Waals surface area contributed by atoms with Gasteiger partial charge in [0.1, 0.15) is 17.6 Å². The number of morpholine rings is 1. The highest BCUT2D eigenvalue weighted by atomic mass is 16.5. The van der Waals surface area contributed by atoms with Gasteiger partial charge in [-0.1, -0.05) is 6.07 Å². The Hall–Kier alpha value is -3.95. The van der Waals surface area contributed by atoms with Gasteiger partial charge in [0.15, 0.2) is 0 Å². The minimum Gasteiger partial charge on any atom is -0.388 e. The first-order valence-electron chi connectivity index (χ1n) is 12.5. The van der Waals surface area contributed by atoms with Gasteiger partial charge in [0.25, 0.3) is 5.91 Å². The van der Waals surface area contributed by atoms with Crippen LogP contribution in [0.3, 0.4) is 0 Å². The number of nitrogens with zero attached hydrogens (tertiary/aromatic N) is 4. The van der Waals surface area contributed by atoms with Crippen LogP contribution in [0.2, 0.25) is 0 Å². The summed E-state index contributed by atoms with van der Waals surface area (Å²) in [5.41, 5.74) is 6.29. The number of anilines is 3. The zero-order valence-corrected chi connectivity index (χ0v) is 21.2. The van der Waals surface area contributed by atoms with Crippen LogP contribution in [0.5, 0.6) is 0 Å². The number of aliphatic hydroxyl groups is 1. The lowest BCUT2D eigenvalue weighted by Crippen LogP contribution is -2.52. The summed E-state index contributed by atoms with van der Waals surface area (Å²) in [6.07, 6.45) is 5.41. The van der Waals surface area contributed by atoms with E-state index in [0.717, 1.165) is 40.3 Å². The monoisotopic (exact) mass is 498 g/mol. The molecule has 1 amide bonds. The quantitative estimate of drug-likeness (QED) is 0.386. The van der Waals surface area contributed by atoms with E-state index in [-0.39, 0.29) is 12.0 Å². The second-order valence-corrected chi connectivity index (χ2v) is 10.3. The normalized spacial score (nSPS) is 17.7. The molecule has 2 aliphatic rings.